The van der Waals surface area contributed by atoms with Crippen LogP contribution in [0.3, 0.4) is 0 Å². The lowest BCUT2D eigenvalue weighted by molar-refractivity contribution is -0.0156. The first-order valence-electron chi connectivity index (χ1n) is 6.00. The summed E-state index contributed by atoms with van der Waals surface area (Å²) in [5, 5.41) is 8.95. The first-order valence-corrected chi connectivity index (χ1v) is 8.30. The van der Waals surface area contributed by atoms with Crippen LogP contribution in [-0.4, -0.2) is 57.8 Å². The quantitative estimate of drug-likeness (QED) is 0.791. The number of aliphatic hydroxyl groups is 1. The van der Waals surface area contributed by atoms with E-state index < -0.39 is 10.0 Å². The molecular formula is C11H18N2O4S2. The van der Waals surface area contributed by atoms with Gasteiger partial charge in [0.05, 0.1) is 19.3 Å². The number of likely N-dealkylation sites (N-methyl/N-ethyl adjacent to an activating group) is 1. The van der Waals surface area contributed by atoms with Gasteiger partial charge in [-0.1, -0.05) is 0 Å². The minimum absolute atomic E-state index is 0.120. The normalized spacial score (nSPS) is 21.7. The van der Waals surface area contributed by atoms with E-state index in [2.05, 4.69) is 9.62 Å². The Bertz CT molecular complexity index is 515. The zero-order chi connectivity index (χ0) is 13.9. The fourth-order valence-electron chi connectivity index (χ4n) is 1.85. The molecule has 19 heavy (non-hydrogen) atoms. The van der Waals surface area contributed by atoms with Crippen LogP contribution in [-0.2, 0) is 21.4 Å². The smallest absolute Gasteiger partial charge is 0.250 e. The van der Waals surface area contributed by atoms with E-state index in [9.17, 15) is 8.42 Å². The van der Waals surface area contributed by atoms with Gasteiger partial charge < -0.3 is 14.7 Å². The molecular weight excluding hydrogens is 288 g/mol. The molecule has 2 rings (SSSR count). The van der Waals surface area contributed by atoms with Crippen LogP contribution in [0.4, 0.5) is 0 Å². The van der Waals surface area contributed by atoms with E-state index in [1.807, 2.05) is 7.05 Å². The Morgan fingerprint density at radius 3 is 3.00 bits per heavy atom. The molecule has 1 aromatic rings. The summed E-state index contributed by atoms with van der Waals surface area (Å²) >= 11 is 1.08. The molecule has 1 aliphatic heterocycles. The number of thiophene rings is 1. The molecule has 1 saturated heterocycles. The topological polar surface area (TPSA) is 78.9 Å². The Morgan fingerprint density at radius 1 is 1.58 bits per heavy atom. The van der Waals surface area contributed by atoms with Gasteiger partial charge in [-0.05, 0) is 19.2 Å². The van der Waals surface area contributed by atoms with Crippen molar-refractivity contribution >= 4 is 21.4 Å². The maximum atomic E-state index is 12.0. The zero-order valence-electron chi connectivity index (χ0n) is 10.7. The van der Waals surface area contributed by atoms with Crippen molar-refractivity contribution in [1.82, 2.24) is 9.62 Å². The van der Waals surface area contributed by atoms with Crippen molar-refractivity contribution < 1.29 is 18.3 Å². The molecule has 0 saturated carbocycles. The Labute approximate surface area is 117 Å². The zero-order valence-corrected chi connectivity index (χ0v) is 12.3. The van der Waals surface area contributed by atoms with E-state index in [-0.39, 0.29) is 23.5 Å². The summed E-state index contributed by atoms with van der Waals surface area (Å²) in [5.74, 6) is 0. The molecule has 2 N–H and O–H groups in total. The number of morpholine rings is 1. The third-order valence-electron chi connectivity index (χ3n) is 2.90. The molecule has 0 aromatic carbocycles. The van der Waals surface area contributed by atoms with Crippen LogP contribution >= 0.6 is 11.3 Å². The van der Waals surface area contributed by atoms with Gasteiger partial charge in [0.2, 0.25) is 10.0 Å². The predicted molar refractivity (Wildman–Crippen MR) is 72.7 cm³/mol. The molecule has 6 nitrogen and oxygen atoms in total. The molecule has 0 aliphatic carbocycles. The van der Waals surface area contributed by atoms with Gasteiger partial charge in [-0.25, -0.2) is 13.1 Å². The van der Waals surface area contributed by atoms with Gasteiger partial charge >= 0.3 is 0 Å². The Morgan fingerprint density at radius 2 is 2.37 bits per heavy atom. The summed E-state index contributed by atoms with van der Waals surface area (Å²) in [5.41, 5.74) is 0. The summed E-state index contributed by atoms with van der Waals surface area (Å²) < 4.78 is 32.3. The molecule has 0 amide bonds. The van der Waals surface area contributed by atoms with Gasteiger partial charge in [0.1, 0.15) is 4.21 Å². The molecule has 8 heteroatoms. The summed E-state index contributed by atoms with van der Waals surface area (Å²) in [6, 6.07) is 3.12. The SMILES string of the molecule is CN1CCOC(CNS(=O)(=O)c2ccc(CO)s2)C1. The number of aliphatic hydroxyl groups excluding tert-OH is 1. The van der Waals surface area contributed by atoms with Crippen LogP contribution in [0.25, 0.3) is 0 Å². The highest BCUT2D eigenvalue weighted by Crippen LogP contribution is 2.21. The fraction of sp³-hybridized carbons (Fsp3) is 0.636. The maximum absolute atomic E-state index is 12.0. The van der Waals surface area contributed by atoms with E-state index in [0.717, 1.165) is 24.4 Å². The van der Waals surface area contributed by atoms with Crippen molar-refractivity contribution in [3.63, 3.8) is 0 Å². The summed E-state index contributed by atoms with van der Waals surface area (Å²) in [6.45, 7) is 2.33. The van der Waals surface area contributed by atoms with Gasteiger partial charge in [-0.15, -0.1) is 11.3 Å². The van der Waals surface area contributed by atoms with Crippen LogP contribution in [0.2, 0.25) is 0 Å². The Balaban J connectivity index is 1.93. The van der Waals surface area contributed by atoms with Crippen molar-refractivity contribution in [3.8, 4) is 0 Å². The van der Waals surface area contributed by atoms with Crippen molar-refractivity contribution in [2.45, 2.75) is 16.9 Å². The minimum atomic E-state index is -3.51. The number of nitrogens with one attached hydrogen (secondary N) is 1. The third-order valence-corrected chi connectivity index (χ3v) is 5.89. The summed E-state index contributed by atoms with van der Waals surface area (Å²) in [6.07, 6.45) is -0.120. The maximum Gasteiger partial charge on any atom is 0.250 e. The lowest BCUT2D eigenvalue weighted by atomic mass is 10.3. The number of ether oxygens (including phenoxy) is 1. The molecule has 2 heterocycles. The number of nitrogens with zero attached hydrogens (tertiary/aromatic N) is 1. The van der Waals surface area contributed by atoms with Crippen LogP contribution in [0, 0.1) is 0 Å². The molecule has 1 fully saturated rings. The second kappa shape index (κ2) is 6.29. The molecule has 0 bridgehead atoms. The molecule has 1 aromatic heterocycles. The lowest BCUT2D eigenvalue weighted by Gasteiger charge is -2.29. The number of hydrogen-bond acceptors (Lipinski definition) is 6. The largest absolute Gasteiger partial charge is 0.391 e. The van der Waals surface area contributed by atoms with Crippen molar-refractivity contribution in [2.75, 3.05) is 33.3 Å². The van der Waals surface area contributed by atoms with Crippen LogP contribution in [0.15, 0.2) is 16.3 Å². The van der Waals surface area contributed by atoms with E-state index in [4.69, 9.17) is 9.84 Å². The van der Waals surface area contributed by atoms with Gasteiger partial charge in [0.25, 0.3) is 0 Å². The van der Waals surface area contributed by atoms with E-state index >= 15 is 0 Å². The first-order chi connectivity index (χ1) is 9.01. The highest BCUT2D eigenvalue weighted by molar-refractivity contribution is 7.91. The average molecular weight is 306 g/mol. The number of rotatable bonds is 5. The molecule has 0 spiro atoms. The van der Waals surface area contributed by atoms with Crippen LogP contribution < -0.4 is 4.72 Å². The number of hydrogen-bond donors (Lipinski definition) is 2. The Kier molecular flexibility index (Phi) is 4.93. The standard InChI is InChI=1S/C11H18N2O4S2/c1-13-4-5-17-9(7-13)6-12-19(15,16)11-3-2-10(8-14)18-11/h2-3,9,12,14H,4-8H2,1H3. The van der Waals surface area contributed by atoms with Crippen molar-refractivity contribution in [2.24, 2.45) is 0 Å². The molecule has 1 unspecified atom stereocenters. The van der Waals surface area contributed by atoms with Gasteiger partial charge in [0.15, 0.2) is 0 Å². The second-order valence-electron chi connectivity index (χ2n) is 4.49. The summed E-state index contributed by atoms with van der Waals surface area (Å²) in [7, 11) is -1.52. The molecule has 1 aliphatic rings. The first kappa shape index (κ1) is 14.9. The van der Waals surface area contributed by atoms with Crippen molar-refractivity contribution in [1.29, 1.82) is 0 Å². The van der Waals surface area contributed by atoms with Crippen LogP contribution in [0.1, 0.15) is 4.88 Å². The molecule has 1 atom stereocenters. The monoisotopic (exact) mass is 306 g/mol. The minimum Gasteiger partial charge on any atom is -0.391 e. The highest BCUT2D eigenvalue weighted by atomic mass is 32.2. The average Bonchev–Trinajstić information content (AvgIpc) is 2.86. The molecule has 0 radical (unpaired) electrons. The lowest BCUT2D eigenvalue weighted by Crippen LogP contribution is -2.45. The summed E-state index contributed by atoms with van der Waals surface area (Å²) in [4.78, 5) is 2.74. The van der Waals surface area contributed by atoms with Gasteiger partial charge in [-0.2, -0.15) is 0 Å². The van der Waals surface area contributed by atoms with E-state index in [1.165, 1.54) is 6.07 Å². The number of sulfonamides is 1. The third kappa shape index (κ3) is 3.98. The van der Waals surface area contributed by atoms with Crippen LogP contribution in [0.5, 0.6) is 0 Å². The predicted octanol–water partition coefficient (Wildman–Crippen LogP) is -0.151. The van der Waals surface area contributed by atoms with Gasteiger partial charge in [0, 0.05) is 24.5 Å². The van der Waals surface area contributed by atoms with E-state index in [1.54, 1.807) is 6.07 Å². The van der Waals surface area contributed by atoms with Crippen molar-refractivity contribution in [3.05, 3.63) is 17.0 Å². The fourth-order valence-corrected chi connectivity index (χ4v) is 4.18. The van der Waals surface area contributed by atoms with E-state index in [0.29, 0.717) is 11.5 Å². The highest BCUT2D eigenvalue weighted by Gasteiger charge is 2.22. The second-order valence-corrected chi connectivity index (χ2v) is 7.65. The van der Waals surface area contributed by atoms with Gasteiger partial charge in [-0.3, -0.25) is 0 Å². The Hall–Kier alpha value is -0.510. The molecule has 108 valence electrons.